The molecule has 0 spiro atoms. The van der Waals surface area contributed by atoms with Gasteiger partial charge in [0.2, 0.25) is 0 Å². The summed E-state index contributed by atoms with van der Waals surface area (Å²) in [7, 11) is 0. The van der Waals surface area contributed by atoms with E-state index in [4.69, 9.17) is 0 Å². The van der Waals surface area contributed by atoms with Crippen molar-refractivity contribution in [2.24, 2.45) is 0 Å². The maximum absolute atomic E-state index is 3.17. The van der Waals surface area contributed by atoms with Crippen molar-refractivity contribution in [1.29, 1.82) is 0 Å². The topological polar surface area (TPSA) is 0 Å². The third kappa shape index (κ3) is 3.60. The second-order valence-electron chi connectivity index (χ2n) is 8.26. The standard InChI is InChI=1S/C22H27S.Li/c1-15(12-17-8-7-11-23-17)18-14-20-19(13-16(18)2)21(3,4)9-10-22(20,5)6;/h7-8,12-14H,9-10H2,1-6H3;/q-1;+1/b15-12+;. The van der Waals surface area contributed by atoms with Crippen molar-refractivity contribution in [2.45, 2.75) is 65.2 Å². The van der Waals surface area contributed by atoms with E-state index in [-0.39, 0.29) is 29.7 Å². The van der Waals surface area contributed by atoms with Gasteiger partial charge < -0.3 is 0 Å². The molecular weight excluding hydrogens is 303 g/mol. The zero-order valence-electron chi connectivity index (χ0n) is 16.2. The Bertz CT molecular complexity index is 749. The van der Waals surface area contributed by atoms with Crippen LogP contribution in [0, 0.1) is 12.3 Å². The zero-order valence-corrected chi connectivity index (χ0v) is 17.0. The van der Waals surface area contributed by atoms with Gasteiger partial charge in [0.25, 0.3) is 0 Å². The van der Waals surface area contributed by atoms with Gasteiger partial charge in [0.15, 0.2) is 0 Å². The minimum atomic E-state index is 0. The first-order valence-corrected chi connectivity index (χ1v) is 9.32. The molecule has 0 fully saturated rings. The molecule has 3 rings (SSSR count). The van der Waals surface area contributed by atoms with Gasteiger partial charge in [-0.25, -0.2) is 0 Å². The van der Waals surface area contributed by atoms with Crippen LogP contribution in [0.3, 0.4) is 0 Å². The second kappa shape index (κ2) is 6.87. The van der Waals surface area contributed by atoms with Gasteiger partial charge in [-0.3, -0.25) is 11.3 Å². The Morgan fingerprint density at radius 3 is 2.21 bits per heavy atom. The molecule has 0 atom stereocenters. The first kappa shape index (κ1) is 19.6. The van der Waals surface area contributed by atoms with Gasteiger partial charge in [-0.05, 0) is 59.8 Å². The zero-order chi connectivity index (χ0) is 16.8. The molecule has 24 heavy (non-hydrogen) atoms. The molecule has 122 valence electrons. The predicted molar refractivity (Wildman–Crippen MR) is 103 cm³/mol. The average Bonchev–Trinajstić information content (AvgIpc) is 2.96. The summed E-state index contributed by atoms with van der Waals surface area (Å²) in [5, 5.41) is 3.17. The van der Waals surface area contributed by atoms with E-state index in [2.05, 4.69) is 71.2 Å². The minimum Gasteiger partial charge on any atom is -0.296 e. The summed E-state index contributed by atoms with van der Waals surface area (Å²) < 4.78 is 0. The van der Waals surface area contributed by atoms with E-state index in [9.17, 15) is 0 Å². The van der Waals surface area contributed by atoms with Gasteiger partial charge in [-0.15, -0.1) is 16.3 Å². The molecule has 0 aliphatic heterocycles. The van der Waals surface area contributed by atoms with Crippen molar-refractivity contribution in [3.05, 3.63) is 56.8 Å². The van der Waals surface area contributed by atoms with Crippen molar-refractivity contribution >= 4 is 23.0 Å². The molecule has 0 saturated carbocycles. The average molecular weight is 330 g/mol. The van der Waals surface area contributed by atoms with E-state index < -0.39 is 0 Å². The van der Waals surface area contributed by atoms with E-state index in [1.165, 1.54) is 34.4 Å². The Kier molecular flexibility index (Phi) is 5.61. The van der Waals surface area contributed by atoms with Crippen LogP contribution in [-0.4, -0.2) is 0 Å². The molecule has 0 amide bonds. The quantitative estimate of drug-likeness (QED) is 0.581. The number of allylic oxidation sites excluding steroid dienone is 1. The molecular formula is C22H27LiS. The van der Waals surface area contributed by atoms with Gasteiger partial charge >= 0.3 is 18.9 Å². The van der Waals surface area contributed by atoms with Crippen molar-refractivity contribution in [1.82, 2.24) is 0 Å². The van der Waals surface area contributed by atoms with Crippen LogP contribution >= 0.6 is 11.3 Å². The number of benzene rings is 1. The van der Waals surface area contributed by atoms with Crippen LogP contribution in [0.4, 0.5) is 0 Å². The van der Waals surface area contributed by atoms with Gasteiger partial charge in [0.05, 0.1) is 0 Å². The minimum absolute atomic E-state index is 0. The van der Waals surface area contributed by atoms with Gasteiger partial charge in [0.1, 0.15) is 0 Å². The summed E-state index contributed by atoms with van der Waals surface area (Å²) >= 11 is 1.68. The maximum Gasteiger partial charge on any atom is 1.00 e. The number of thiophene rings is 1. The van der Waals surface area contributed by atoms with E-state index in [1.54, 1.807) is 22.5 Å². The van der Waals surface area contributed by atoms with Crippen LogP contribution in [0.25, 0.3) is 11.6 Å². The molecule has 0 saturated heterocycles. The molecule has 1 aliphatic rings. The Morgan fingerprint density at radius 1 is 1.08 bits per heavy atom. The Hall–Kier alpha value is -0.743. The summed E-state index contributed by atoms with van der Waals surface area (Å²) in [5.74, 6) is 0. The normalized spacial score (nSPS) is 18.7. The summed E-state index contributed by atoms with van der Waals surface area (Å²) in [6.45, 7) is 14.1. The van der Waals surface area contributed by atoms with Crippen LogP contribution in [0.5, 0.6) is 0 Å². The molecule has 2 aromatic rings. The molecule has 1 aliphatic carbocycles. The van der Waals surface area contributed by atoms with E-state index >= 15 is 0 Å². The van der Waals surface area contributed by atoms with Crippen LogP contribution in [-0.2, 0) is 10.8 Å². The van der Waals surface area contributed by atoms with Crippen LogP contribution < -0.4 is 18.9 Å². The van der Waals surface area contributed by atoms with Crippen molar-refractivity contribution in [2.75, 3.05) is 0 Å². The van der Waals surface area contributed by atoms with Gasteiger partial charge in [-0.2, -0.15) is 12.1 Å². The Morgan fingerprint density at radius 2 is 1.67 bits per heavy atom. The largest absolute Gasteiger partial charge is 1.00 e. The third-order valence-electron chi connectivity index (χ3n) is 5.47. The predicted octanol–water partition coefficient (Wildman–Crippen LogP) is 3.77. The van der Waals surface area contributed by atoms with E-state index in [0.29, 0.717) is 0 Å². The molecule has 0 bridgehead atoms. The van der Waals surface area contributed by atoms with E-state index in [0.717, 1.165) is 0 Å². The van der Waals surface area contributed by atoms with Crippen molar-refractivity contribution in [3.8, 4) is 0 Å². The first-order chi connectivity index (χ1) is 10.7. The molecule has 0 nitrogen and oxygen atoms in total. The summed E-state index contributed by atoms with van der Waals surface area (Å²) in [6, 6.07) is 9.04. The Labute approximate surface area is 163 Å². The number of hydrogen-bond donors (Lipinski definition) is 0. The maximum atomic E-state index is 3.17. The van der Waals surface area contributed by atoms with Crippen molar-refractivity contribution in [3.63, 3.8) is 0 Å². The number of fused-ring (bicyclic) bond motifs is 1. The van der Waals surface area contributed by atoms with Gasteiger partial charge in [-0.1, -0.05) is 45.4 Å². The molecule has 0 N–H and O–H groups in total. The molecule has 1 heterocycles. The number of hydrogen-bond acceptors (Lipinski definition) is 1. The van der Waals surface area contributed by atoms with Crippen LogP contribution in [0.2, 0.25) is 0 Å². The smallest absolute Gasteiger partial charge is 0.296 e. The summed E-state index contributed by atoms with van der Waals surface area (Å²) in [5.41, 5.74) is 7.78. The fraction of sp³-hybridized carbons (Fsp3) is 0.455. The number of rotatable bonds is 2. The van der Waals surface area contributed by atoms with Crippen LogP contribution in [0.15, 0.2) is 24.3 Å². The first-order valence-electron chi connectivity index (χ1n) is 8.51. The Balaban J connectivity index is 0.00000208. The van der Waals surface area contributed by atoms with Gasteiger partial charge in [0, 0.05) is 0 Å². The molecule has 1 aromatic carbocycles. The van der Waals surface area contributed by atoms with Crippen LogP contribution in [0.1, 0.15) is 74.6 Å². The summed E-state index contributed by atoms with van der Waals surface area (Å²) in [6.07, 6.45) is 4.82. The fourth-order valence-electron chi connectivity index (χ4n) is 3.77. The second-order valence-corrected chi connectivity index (χ2v) is 9.17. The molecule has 2 heteroatoms. The SMILES string of the molecule is C/C(=C\c1cc[c-]s1)c1cc2c(cc1C)C(C)(C)CCC2(C)C.[Li+]. The van der Waals surface area contributed by atoms with Crippen molar-refractivity contribution < 1.29 is 18.9 Å². The number of aryl methyl sites for hydroxylation is 1. The van der Waals surface area contributed by atoms with E-state index in [1.807, 2.05) is 6.07 Å². The molecule has 0 unspecified atom stereocenters. The molecule has 0 radical (unpaired) electrons. The fourth-order valence-corrected chi connectivity index (χ4v) is 4.41. The third-order valence-corrected chi connectivity index (χ3v) is 6.22. The monoisotopic (exact) mass is 330 g/mol. The summed E-state index contributed by atoms with van der Waals surface area (Å²) in [4.78, 5) is 1.28. The molecule has 1 aromatic heterocycles.